The summed E-state index contributed by atoms with van der Waals surface area (Å²) < 4.78 is 24.0. The molecule has 0 fully saturated rings. The summed E-state index contributed by atoms with van der Waals surface area (Å²) in [5, 5.41) is 3.31. The Kier molecular flexibility index (Phi) is 6.51. The molecular weight excluding hydrogens is 409 g/mol. The molecule has 0 spiro atoms. The van der Waals surface area contributed by atoms with E-state index in [0.717, 1.165) is 11.3 Å². The molecule has 0 radical (unpaired) electrons. The second-order valence-corrected chi connectivity index (χ2v) is 8.11. The zero-order valence-corrected chi connectivity index (χ0v) is 18.2. The Morgan fingerprint density at radius 1 is 1.03 bits per heavy atom. The molecule has 4 rings (SSSR count). The summed E-state index contributed by atoms with van der Waals surface area (Å²) in [7, 11) is 1.53. The van der Waals surface area contributed by atoms with Crippen molar-refractivity contribution in [3.8, 4) is 0 Å². The van der Waals surface area contributed by atoms with E-state index >= 15 is 0 Å². The van der Waals surface area contributed by atoms with Gasteiger partial charge in [-0.25, -0.2) is 9.18 Å². The fourth-order valence-corrected chi connectivity index (χ4v) is 4.55. The number of rotatable bonds is 6. The topological polar surface area (TPSA) is 64.6 Å². The van der Waals surface area contributed by atoms with Gasteiger partial charge >= 0.3 is 5.97 Å². The van der Waals surface area contributed by atoms with Crippen molar-refractivity contribution in [1.82, 2.24) is 5.32 Å². The van der Waals surface area contributed by atoms with Gasteiger partial charge in [0.1, 0.15) is 12.4 Å². The third kappa shape index (κ3) is 4.36. The molecule has 1 aliphatic carbocycles. The van der Waals surface area contributed by atoms with E-state index in [1.807, 2.05) is 37.3 Å². The predicted octanol–water partition coefficient (Wildman–Crippen LogP) is 4.38. The average molecular weight is 435 g/mol. The minimum absolute atomic E-state index is 0.0170. The van der Waals surface area contributed by atoms with Gasteiger partial charge in [-0.15, -0.1) is 0 Å². The molecule has 0 bridgehead atoms. The third-order valence-electron chi connectivity index (χ3n) is 6.04. The highest BCUT2D eigenvalue weighted by Crippen LogP contribution is 2.45. The molecule has 0 saturated carbocycles. The molecule has 0 aromatic heterocycles. The van der Waals surface area contributed by atoms with Crippen LogP contribution in [0.25, 0.3) is 0 Å². The van der Waals surface area contributed by atoms with Crippen LogP contribution < -0.4 is 5.32 Å². The van der Waals surface area contributed by atoms with Crippen molar-refractivity contribution in [3.63, 3.8) is 0 Å². The molecule has 2 unspecified atom stereocenters. The van der Waals surface area contributed by atoms with Crippen LogP contribution in [0.15, 0.2) is 77.1 Å². The molecule has 1 aliphatic heterocycles. The van der Waals surface area contributed by atoms with Gasteiger partial charge in [0.05, 0.1) is 12.2 Å². The van der Waals surface area contributed by atoms with Gasteiger partial charge in [0.25, 0.3) is 0 Å². The van der Waals surface area contributed by atoms with Crippen molar-refractivity contribution < 1.29 is 23.5 Å². The number of benzene rings is 2. The van der Waals surface area contributed by atoms with Gasteiger partial charge in [-0.05, 0) is 42.5 Å². The molecule has 166 valence electrons. The quantitative estimate of drug-likeness (QED) is 0.539. The van der Waals surface area contributed by atoms with Gasteiger partial charge in [0, 0.05) is 36.4 Å². The zero-order chi connectivity index (χ0) is 22.7. The molecule has 1 heterocycles. The number of carbonyl (C=O) groups excluding carboxylic acids is 2. The van der Waals surface area contributed by atoms with Crippen molar-refractivity contribution in [1.29, 1.82) is 0 Å². The Hall–Kier alpha value is -3.25. The van der Waals surface area contributed by atoms with E-state index in [1.165, 1.54) is 19.2 Å². The number of methoxy groups -OCH3 is 1. The monoisotopic (exact) mass is 435 g/mol. The number of dihydropyridines is 1. The number of halogens is 1. The second-order valence-electron chi connectivity index (χ2n) is 8.11. The highest BCUT2D eigenvalue weighted by atomic mass is 19.1. The minimum Gasteiger partial charge on any atom is -0.460 e. The lowest BCUT2D eigenvalue weighted by atomic mass is 9.72. The largest absolute Gasteiger partial charge is 0.460 e. The van der Waals surface area contributed by atoms with Crippen molar-refractivity contribution in [2.45, 2.75) is 31.6 Å². The molecule has 0 amide bonds. The van der Waals surface area contributed by atoms with E-state index in [0.29, 0.717) is 35.2 Å². The highest BCUT2D eigenvalue weighted by molar-refractivity contribution is 6.04. The van der Waals surface area contributed by atoms with Crippen molar-refractivity contribution in [3.05, 3.63) is 94.1 Å². The SMILES string of the molecule is COCCOC(=O)C1=C(C)NC2=C(C(=O)CC(c3ccccc3)C2)C1c1ccc(F)cc1. The van der Waals surface area contributed by atoms with E-state index in [2.05, 4.69) is 5.32 Å². The first-order valence-corrected chi connectivity index (χ1v) is 10.7. The molecular formula is C26H26FNO4. The highest BCUT2D eigenvalue weighted by Gasteiger charge is 2.41. The lowest BCUT2D eigenvalue weighted by Gasteiger charge is -2.36. The van der Waals surface area contributed by atoms with Crippen molar-refractivity contribution in [2.75, 3.05) is 20.3 Å². The van der Waals surface area contributed by atoms with Crippen LogP contribution >= 0.6 is 0 Å². The van der Waals surface area contributed by atoms with Crippen LogP contribution in [0.4, 0.5) is 4.39 Å². The summed E-state index contributed by atoms with van der Waals surface area (Å²) in [6.45, 7) is 2.19. The molecule has 1 N–H and O–H groups in total. The Bertz CT molecular complexity index is 1070. The lowest BCUT2D eigenvalue weighted by molar-refractivity contribution is -0.140. The van der Waals surface area contributed by atoms with Crippen LogP contribution in [-0.4, -0.2) is 32.1 Å². The van der Waals surface area contributed by atoms with Crippen LogP contribution in [-0.2, 0) is 19.1 Å². The van der Waals surface area contributed by atoms with E-state index in [1.54, 1.807) is 12.1 Å². The van der Waals surface area contributed by atoms with Crippen molar-refractivity contribution in [2.24, 2.45) is 0 Å². The van der Waals surface area contributed by atoms with E-state index in [9.17, 15) is 14.0 Å². The van der Waals surface area contributed by atoms with Gasteiger partial charge in [0.15, 0.2) is 5.78 Å². The number of carbonyl (C=O) groups is 2. The fourth-order valence-electron chi connectivity index (χ4n) is 4.55. The maximum Gasteiger partial charge on any atom is 0.336 e. The second kappa shape index (κ2) is 9.49. The number of ether oxygens (including phenoxy) is 2. The predicted molar refractivity (Wildman–Crippen MR) is 118 cm³/mol. The van der Waals surface area contributed by atoms with Crippen LogP contribution in [0.1, 0.15) is 42.7 Å². The zero-order valence-electron chi connectivity index (χ0n) is 18.2. The number of nitrogens with one attached hydrogen (secondary N) is 1. The molecule has 2 aliphatic rings. The summed E-state index contributed by atoms with van der Waals surface area (Å²) in [4.78, 5) is 26.4. The van der Waals surface area contributed by atoms with E-state index in [4.69, 9.17) is 9.47 Å². The van der Waals surface area contributed by atoms with E-state index in [-0.39, 0.29) is 30.7 Å². The standard InChI is InChI=1S/C26H26FNO4/c1-16-23(26(30)32-13-12-31-2)24(18-8-10-20(27)11-9-18)25-21(28-16)14-19(15-22(25)29)17-6-4-3-5-7-17/h3-11,19,24,28H,12-15H2,1-2H3. The first-order valence-electron chi connectivity index (χ1n) is 10.7. The normalized spacial score (nSPS) is 20.7. The summed E-state index contributed by atoms with van der Waals surface area (Å²) in [5.74, 6) is -1.44. The summed E-state index contributed by atoms with van der Waals surface area (Å²) in [6.07, 6.45) is 1.01. The maximum atomic E-state index is 13.6. The Morgan fingerprint density at radius 3 is 2.44 bits per heavy atom. The van der Waals surface area contributed by atoms with Gasteiger partial charge in [-0.3, -0.25) is 4.79 Å². The molecule has 2 atom stereocenters. The van der Waals surface area contributed by atoms with Gasteiger partial charge < -0.3 is 14.8 Å². The number of allylic oxidation sites excluding steroid dienone is 3. The fraction of sp³-hybridized carbons (Fsp3) is 0.308. The van der Waals surface area contributed by atoms with E-state index < -0.39 is 11.9 Å². The number of ketones is 1. The van der Waals surface area contributed by atoms with Crippen LogP contribution in [0.3, 0.4) is 0 Å². The van der Waals surface area contributed by atoms with Crippen LogP contribution in [0.5, 0.6) is 0 Å². The van der Waals surface area contributed by atoms with Gasteiger partial charge in [0.2, 0.25) is 0 Å². The smallest absolute Gasteiger partial charge is 0.336 e. The summed E-state index contributed by atoms with van der Waals surface area (Å²) >= 11 is 0. The Balaban J connectivity index is 1.74. The van der Waals surface area contributed by atoms with Crippen LogP contribution in [0.2, 0.25) is 0 Å². The Morgan fingerprint density at radius 2 is 1.75 bits per heavy atom. The molecule has 5 nitrogen and oxygen atoms in total. The van der Waals surface area contributed by atoms with Crippen molar-refractivity contribution >= 4 is 11.8 Å². The number of hydrogen-bond donors (Lipinski definition) is 1. The number of esters is 1. The minimum atomic E-state index is -0.605. The molecule has 0 saturated heterocycles. The van der Waals surface area contributed by atoms with Gasteiger partial charge in [-0.2, -0.15) is 0 Å². The van der Waals surface area contributed by atoms with Gasteiger partial charge in [-0.1, -0.05) is 42.5 Å². The molecule has 6 heteroatoms. The lowest BCUT2D eigenvalue weighted by Crippen LogP contribution is -2.36. The summed E-state index contributed by atoms with van der Waals surface area (Å²) in [5.41, 5.74) is 4.19. The summed E-state index contributed by atoms with van der Waals surface area (Å²) in [6, 6.07) is 15.9. The maximum absolute atomic E-state index is 13.6. The average Bonchev–Trinajstić information content (AvgIpc) is 2.79. The van der Waals surface area contributed by atoms with Crippen LogP contribution in [0, 0.1) is 5.82 Å². The number of hydrogen-bond acceptors (Lipinski definition) is 5. The third-order valence-corrected chi connectivity index (χ3v) is 6.04. The first-order chi connectivity index (χ1) is 15.5. The Labute approximate surface area is 186 Å². The number of Topliss-reactive ketones (excluding diaryl/α,β-unsaturated/α-hetero) is 1. The molecule has 2 aromatic rings. The molecule has 32 heavy (non-hydrogen) atoms. The first kappa shape index (κ1) is 22.0. The molecule has 2 aromatic carbocycles.